The van der Waals surface area contributed by atoms with E-state index in [9.17, 15) is 0 Å². The molecule has 3 aromatic rings. The Morgan fingerprint density at radius 3 is 2.50 bits per heavy atom. The van der Waals surface area contributed by atoms with Crippen molar-refractivity contribution in [1.29, 1.82) is 0 Å². The van der Waals surface area contributed by atoms with E-state index in [-0.39, 0.29) is 5.41 Å². The zero-order valence-electron chi connectivity index (χ0n) is 18.2. The maximum absolute atomic E-state index is 6.10. The molecular formula is C23H30ClN5O. The van der Waals surface area contributed by atoms with Gasteiger partial charge in [-0.15, -0.1) is 0 Å². The van der Waals surface area contributed by atoms with Gasteiger partial charge < -0.3 is 10.1 Å². The molecule has 7 heteroatoms. The van der Waals surface area contributed by atoms with Gasteiger partial charge in [-0.3, -0.25) is 4.90 Å². The number of hydrogen-bond acceptors (Lipinski definition) is 5. The molecule has 0 saturated carbocycles. The second-order valence-electron chi connectivity index (χ2n) is 8.86. The number of fused-ring (bicyclic) bond motifs is 1. The van der Waals surface area contributed by atoms with Gasteiger partial charge >= 0.3 is 0 Å². The molecule has 3 heterocycles. The zero-order valence-corrected chi connectivity index (χ0v) is 19.0. The van der Waals surface area contributed by atoms with Crippen LogP contribution in [0.1, 0.15) is 32.2 Å². The molecule has 1 fully saturated rings. The third-order valence-electron chi connectivity index (χ3n) is 5.50. The number of hydrogen-bond donors (Lipinski definition) is 1. The van der Waals surface area contributed by atoms with Crippen molar-refractivity contribution in [3.8, 4) is 11.1 Å². The number of ether oxygens (including phenoxy) is 1. The van der Waals surface area contributed by atoms with E-state index in [2.05, 4.69) is 37.1 Å². The molecule has 4 rings (SSSR count). The minimum Gasteiger partial charge on any atom is -0.379 e. The molecule has 0 spiro atoms. The minimum atomic E-state index is -0.0716. The number of nitrogens with zero attached hydrogens (tertiary/aromatic N) is 4. The van der Waals surface area contributed by atoms with Crippen molar-refractivity contribution in [3.05, 3.63) is 46.7 Å². The van der Waals surface area contributed by atoms with Gasteiger partial charge in [-0.2, -0.15) is 9.61 Å². The second-order valence-corrected chi connectivity index (χ2v) is 9.30. The highest BCUT2D eigenvalue weighted by molar-refractivity contribution is 6.30. The fraction of sp³-hybridized carbons (Fsp3) is 0.478. The largest absolute Gasteiger partial charge is 0.379 e. The lowest BCUT2D eigenvalue weighted by atomic mass is 9.92. The Labute approximate surface area is 183 Å². The molecule has 30 heavy (non-hydrogen) atoms. The van der Waals surface area contributed by atoms with Crippen LogP contribution in [-0.4, -0.2) is 58.9 Å². The normalized spacial score (nSPS) is 15.6. The molecule has 1 aliphatic heterocycles. The van der Waals surface area contributed by atoms with Crippen LogP contribution < -0.4 is 5.32 Å². The highest BCUT2D eigenvalue weighted by Gasteiger charge is 2.22. The number of benzene rings is 1. The van der Waals surface area contributed by atoms with Crippen molar-refractivity contribution in [2.24, 2.45) is 0 Å². The molecule has 160 valence electrons. The van der Waals surface area contributed by atoms with Crippen molar-refractivity contribution in [2.75, 3.05) is 44.7 Å². The number of anilines is 1. The van der Waals surface area contributed by atoms with Crippen LogP contribution in [0.4, 0.5) is 5.82 Å². The molecule has 0 radical (unpaired) electrons. The third-order valence-corrected chi connectivity index (χ3v) is 5.76. The molecule has 0 bridgehead atoms. The monoisotopic (exact) mass is 427 g/mol. The number of rotatable bonds is 5. The predicted octanol–water partition coefficient (Wildman–Crippen LogP) is 4.40. The van der Waals surface area contributed by atoms with Gasteiger partial charge in [0.2, 0.25) is 0 Å². The molecule has 1 saturated heterocycles. The summed E-state index contributed by atoms with van der Waals surface area (Å²) in [5.41, 5.74) is 4.92. The summed E-state index contributed by atoms with van der Waals surface area (Å²) in [5.74, 6) is 0.974. The first kappa shape index (κ1) is 21.1. The Balaban J connectivity index is 1.71. The molecular weight excluding hydrogens is 398 g/mol. The molecule has 0 unspecified atom stereocenters. The van der Waals surface area contributed by atoms with E-state index >= 15 is 0 Å². The Hall–Kier alpha value is -2.15. The van der Waals surface area contributed by atoms with Gasteiger partial charge in [-0.05, 0) is 24.6 Å². The summed E-state index contributed by atoms with van der Waals surface area (Å²) in [5, 5.41) is 9.15. The van der Waals surface area contributed by atoms with Crippen molar-refractivity contribution >= 4 is 23.1 Å². The fourth-order valence-electron chi connectivity index (χ4n) is 3.75. The Bertz CT molecular complexity index is 1020. The van der Waals surface area contributed by atoms with E-state index in [4.69, 9.17) is 26.4 Å². The van der Waals surface area contributed by atoms with Crippen molar-refractivity contribution in [1.82, 2.24) is 19.5 Å². The smallest absolute Gasteiger partial charge is 0.165 e. The van der Waals surface area contributed by atoms with Gasteiger partial charge in [0.05, 0.1) is 24.6 Å². The molecule has 1 N–H and O–H groups in total. The van der Waals surface area contributed by atoms with Crippen molar-refractivity contribution in [3.63, 3.8) is 0 Å². The molecule has 0 aliphatic carbocycles. The van der Waals surface area contributed by atoms with E-state index in [1.54, 1.807) is 0 Å². The second kappa shape index (κ2) is 8.53. The van der Waals surface area contributed by atoms with E-state index in [1.807, 2.05) is 35.7 Å². The predicted molar refractivity (Wildman–Crippen MR) is 123 cm³/mol. The summed E-state index contributed by atoms with van der Waals surface area (Å²) < 4.78 is 7.39. The Kier molecular flexibility index (Phi) is 6.00. The SMILES string of the molecule is Cc1nn2c(NCCN3CCOCC3)cc(C(C)(C)C)nc2c1-c1ccc(Cl)cc1. The molecule has 1 aromatic carbocycles. The first-order valence-electron chi connectivity index (χ1n) is 10.5. The zero-order chi connectivity index (χ0) is 21.3. The number of nitrogens with one attached hydrogen (secondary N) is 1. The highest BCUT2D eigenvalue weighted by atomic mass is 35.5. The number of halogens is 1. The molecule has 1 aliphatic rings. The summed E-state index contributed by atoms with van der Waals surface area (Å²) in [6, 6.07) is 10.0. The van der Waals surface area contributed by atoms with E-state index in [0.29, 0.717) is 0 Å². The maximum Gasteiger partial charge on any atom is 0.165 e. The minimum absolute atomic E-state index is 0.0716. The topological polar surface area (TPSA) is 54.7 Å². The average molecular weight is 428 g/mol. The standard InChI is InChI=1S/C23H30ClN5O/c1-16-21(17-5-7-18(24)8-6-17)22-26-19(23(2,3)4)15-20(29(22)27-16)25-9-10-28-11-13-30-14-12-28/h5-8,15,25H,9-14H2,1-4H3. The van der Waals surface area contributed by atoms with Crippen molar-refractivity contribution < 1.29 is 4.74 Å². The molecule has 0 amide bonds. The van der Waals surface area contributed by atoms with E-state index in [1.165, 1.54) is 0 Å². The van der Waals surface area contributed by atoms with Gasteiger partial charge in [-0.25, -0.2) is 4.98 Å². The average Bonchev–Trinajstić information content (AvgIpc) is 3.05. The summed E-state index contributed by atoms with van der Waals surface area (Å²) in [4.78, 5) is 7.45. The lowest BCUT2D eigenvalue weighted by Gasteiger charge is -2.26. The first-order valence-corrected chi connectivity index (χ1v) is 10.9. The van der Waals surface area contributed by atoms with Gasteiger partial charge in [0.25, 0.3) is 0 Å². The van der Waals surface area contributed by atoms with E-state index in [0.717, 1.165) is 78.4 Å². The van der Waals surface area contributed by atoms with Crippen LogP contribution in [-0.2, 0) is 10.2 Å². The van der Waals surface area contributed by atoms with Crippen LogP contribution >= 0.6 is 11.6 Å². The number of aromatic nitrogens is 3. The van der Waals surface area contributed by atoms with Gasteiger partial charge in [-0.1, -0.05) is 44.5 Å². The van der Waals surface area contributed by atoms with Gasteiger partial charge in [0.15, 0.2) is 5.65 Å². The molecule has 0 atom stereocenters. The van der Waals surface area contributed by atoms with Gasteiger partial charge in [0.1, 0.15) is 5.82 Å². The third kappa shape index (κ3) is 4.46. The lowest BCUT2D eigenvalue weighted by Crippen LogP contribution is -2.39. The molecule has 2 aromatic heterocycles. The fourth-order valence-corrected chi connectivity index (χ4v) is 3.88. The molecule has 6 nitrogen and oxygen atoms in total. The number of morpholine rings is 1. The summed E-state index contributed by atoms with van der Waals surface area (Å²) in [6.45, 7) is 14.0. The van der Waals surface area contributed by atoms with Crippen LogP contribution in [0.25, 0.3) is 16.8 Å². The first-order chi connectivity index (χ1) is 14.3. The quantitative estimate of drug-likeness (QED) is 0.654. The van der Waals surface area contributed by atoms with Crippen LogP contribution in [0.3, 0.4) is 0 Å². The van der Waals surface area contributed by atoms with Crippen molar-refractivity contribution in [2.45, 2.75) is 33.1 Å². The Morgan fingerprint density at radius 1 is 1.13 bits per heavy atom. The van der Waals surface area contributed by atoms with Crippen LogP contribution in [0.5, 0.6) is 0 Å². The lowest BCUT2D eigenvalue weighted by molar-refractivity contribution is 0.0398. The summed E-state index contributed by atoms with van der Waals surface area (Å²) >= 11 is 6.10. The van der Waals surface area contributed by atoms with E-state index < -0.39 is 0 Å². The van der Waals surface area contributed by atoms with Gasteiger partial charge in [0, 0.05) is 48.2 Å². The van der Waals surface area contributed by atoms with Crippen LogP contribution in [0.2, 0.25) is 5.02 Å². The Morgan fingerprint density at radius 2 is 1.83 bits per heavy atom. The summed E-state index contributed by atoms with van der Waals surface area (Å²) in [7, 11) is 0. The highest BCUT2D eigenvalue weighted by Crippen LogP contribution is 2.32. The van der Waals surface area contributed by atoms with Crippen LogP contribution in [0.15, 0.2) is 30.3 Å². The summed E-state index contributed by atoms with van der Waals surface area (Å²) in [6.07, 6.45) is 0. The number of aryl methyl sites for hydroxylation is 1. The van der Waals surface area contributed by atoms with Crippen LogP contribution in [0, 0.1) is 6.92 Å². The maximum atomic E-state index is 6.10.